The number of para-hydroxylation sites is 1. The zero-order valence-electron chi connectivity index (χ0n) is 32.2. The molecule has 1 aliphatic rings. The molecule has 7 aromatic rings. The van der Waals surface area contributed by atoms with Crippen LogP contribution in [0.15, 0.2) is 67.0 Å². The normalized spacial score (nSPS) is 15.7. The monoisotopic (exact) mass is 775 g/mol. The van der Waals surface area contributed by atoms with Gasteiger partial charge < -0.3 is 18.6 Å². The lowest BCUT2D eigenvalue weighted by Crippen LogP contribution is -2.47. The zero-order chi connectivity index (χ0) is 38.9. The Kier molecular flexibility index (Phi) is 9.38. The molecular formula is C43H43Cl2N7O3. The van der Waals surface area contributed by atoms with Gasteiger partial charge in [-0.2, -0.15) is 10.1 Å². The van der Waals surface area contributed by atoms with Crippen molar-refractivity contribution in [3.63, 3.8) is 0 Å². The molecule has 0 spiro atoms. The Bertz CT molecular complexity index is 2630. The van der Waals surface area contributed by atoms with Crippen LogP contribution in [0.1, 0.15) is 58.0 Å². The van der Waals surface area contributed by atoms with E-state index in [9.17, 15) is 0 Å². The lowest BCUT2D eigenvalue weighted by atomic mass is 9.98. The maximum absolute atomic E-state index is 15.3. The third-order valence-electron chi connectivity index (χ3n) is 11.0. The van der Waals surface area contributed by atoms with Crippen molar-refractivity contribution in [1.29, 1.82) is 0 Å². The van der Waals surface area contributed by atoms with Crippen molar-refractivity contribution in [3.8, 4) is 34.1 Å². The number of nitrogens with zero attached hydrogens (tertiary/aromatic N) is 7. The maximum Gasteiger partial charge on any atom is 0.276 e. The molecule has 0 radical (unpaired) electrons. The van der Waals surface area contributed by atoms with Gasteiger partial charge in [0.2, 0.25) is 5.88 Å². The van der Waals surface area contributed by atoms with Crippen molar-refractivity contribution in [2.45, 2.75) is 59.0 Å². The molecule has 1 unspecified atom stereocenters. The summed E-state index contributed by atoms with van der Waals surface area (Å²) in [4.78, 5) is 26.1. The summed E-state index contributed by atoms with van der Waals surface area (Å²) in [5.41, 5.74) is 10.4. The van der Waals surface area contributed by atoms with Crippen LogP contribution in [0.25, 0.3) is 44.3 Å². The molecule has 0 fully saturated rings. The number of aryl methyl sites for hydroxylation is 6. The molecule has 2 atom stereocenters. The number of carbonyl (C=O) groups is 1. The van der Waals surface area contributed by atoms with Crippen molar-refractivity contribution in [2.75, 3.05) is 18.6 Å². The molecule has 1 amide bonds. The first-order valence-corrected chi connectivity index (χ1v) is 19.2. The second-order valence-electron chi connectivity index (χ2n) is 14.5. The van der Waals surface area contributed by atoms with Gasteiger partial charge in [-0.3, -0.25) is 14.4 Å². The van der Waals surface area contributed by atoms with E-state index >= 15 is 4.79 Å². The average molecular weight is 777 g/mol. The van der Waals surface area contributed by atoms with Crippen molar-refractivity contribution in [2.24, 2.45) is 14.1 Å². The molecule has 0 bridgehead atoms. The van der Waals surface area contributed by atoms with E-state index < -0.39 is 5.50 Å². The quantitative estimate of drug-likeness (QED) is 0.0824. The van der Waals surface area contributed by atoms with E-state index in [1.54, 1.807) is 24.3 Å². The highest BCUT2D eigenvalue weighted by Gasteiger charge is 2.42. The number of alkyl halides is 1. The predicted octanol–water partition coefficient (Wildman–Crippen LogP) is 9.68. The molecule has 0 saturated carbocycles. The molecule has 1 aliphatic heterocycles. The number of hydrogen-bond acceptors (Lipinski definition) is 6. The summed E-state index contributed by atoms with van der Waals surface area (Å²) in [7, 11) is 5.52. The number of ether oxygens (including phenoxy) is 2. The van der Waals surface area contributed by atoms with Gasteiger partial charge in [0.05, 0.1) is 36.7 Å². The Hall–Kier alpha value is -5.32. The molecule has 3 aromatic carbocycles. The van der Waals surface area contributed by atoms with Crippen LogP contribution in [-0.4, -0.2) is 54.0 Å². The third-order valence-corrected chi connectivity index (χ3v) is 12.1. The molecule has 12 heteroatoms. The third kappa shape index (κ3) is 6.03. The number of anilines is 1. The Morgan fingerprint density at radius 2 is 1.73 bits per heavy atom. The van der Waals surface area contributed by atoms with E-state index in [4.69, 9.17) is 37.8 Å². The number of benzene rings is 3. The van der Waals surface area contributed by atoms with E-state index in [1.165, 1.54) is 0 Å². The van der Waals surface area contributed by atoms with E-state index in [1.807, 2.05) is 80.6 Å². The van der Waals surface area contributed by atoms with Crippen molar-refractivity contribution >= 4 is 56.6 Å². The number of aromatic nitrogens is 6. The summed E-state index contributed by atoms with van der Waals surface area (Å²) in [6.07, 6.45) is 4.96. The van der Waals surface area contributed by atoms with E-state index in [0.29, 0.717) is 36.8 Å². The molecule has 55 heavy (non-hydrogen) atoms. The number of halogens is 2. The van der Waals surface area contributed by atoms with Crippen LogP contribution in [0.2, 0.25) is 5.02 Å². The largest absolute Gasteiger partial charge is 0.494 e. The van der Waals surface area contributed by atoms with Crippen molar-refractivity contribution < 1.29 is 14.3 Å². The fraction of sp³-hybridized carbons (Fsp3) is 0.302. The number of amides is 1. The average Bonchev–Trinajstić information content (AvgIpc) is 3.78. The van der Waals surface area contributed by atoms with Gasteiger partial charge in [-0.25, -0.2) is 4.98 Å². The van der Waals surface area contributed by atoms with E-state index in [2.05, 4.69) is 46.6 Å². The van der Waals surface area contributed by atoms with Gasteiger partial charge in [-0.15, -0.1) is 0 Å². The second kappa shape index (κ2) is 14.1. The summed E-state index contributed by atoms with van der Waals surface area (Å²) in [5.74, 6) is 1.62. The molecule has 4 aromatic heterocycles. The smallest absolute Gasteiger partial charge is 0.276 e. The lowest BCUT2D eigenvalue weighted by molar-refractivity contribution is 0.0951. The van der Waals surface area contributed by atoms with Crippen LogP contribution in [0.4, 0.5) is 5.69 Å². The summed E-state index contributed by atoms with van der Waals surface area (Å²) >= 11 is 13.9. The highest BCUT2D eigenvalue weighted by atomic mass is 35.5. The molecule has 0 N–H and O–H groups in total. The van der Waals surface area contributed by atoms with Gasteiger partial charge in [0.25, 0.3) is 5.91 Å². The molecule has 282 valence electrons. The standard InChI is InChI=1S/C43H43Cl2N7O3/c1-23-19-29(20-24(2)38(23)44)55-18-10-13-31-30-11-9-12-32(37-25(3)48-50(7)26(37)4)39(30)51-27(5)41(45)52(43(53)40(31)51)35-22-49(6)34-15-14-28(21-33(34)35)42-46-17-16-36(47-42)54-8/h9,11-12,14-17,19-22,27,41H,10,13,18H2,1-8H3/t27?,41-/m0/s1. The number of carbonyl (C=O) groups excluding carboxylic acids is 1. The summed E-state index contributed by atoms with van der Waals surface area (Å²) in [5, 5.41) is 7.39. The van der Waals surface area contributed by atoms with Gasteiger partial charge in [-0.05, 0) is 94.5 Å². The number of fused-ring (bicyclic) bond motifs is 4. The molecular weight excluding hydrogens is 733 g/mol. The van der Waals surface area contributed by atoms with Crippen molar-refractivity contribution in [3.05, 3.63) is 106 Å². The fourth-order valence-electron chi connectivity index (χ4n) is 8.22. The summed E-state index contributed by atoms with van der Waals surface area (Å²) in [6.45, 7) is 10.6. The van der Waals surface area contributed by atoms with Crippen LogP contribution in [-0.2, 0) is 20.5 Å². The second-order valence-corrected chi connectivity index (χ2v) is 15.3. The van der Waals surface area contributed by atoms with E-state index in [-0.39, 0.29) is 11.9 Å². The Morgan fingerprint density at radius 3 is 2.44 bits per heavy atom. The van der Waals surface area contributed by atoms with Gasteiger partial charge in [-0.1, -0.05) is 41.4 Å². The van der Waals surface area contributed by atoms with Crippen LogP contribution < -0.4 is 14.4 Å². The Labute approximate surface area is 330 Å². The number of hydrogen-bond donors (Lipinski definition) is 0. The highest BCUT2D eigenvalue weighted by molar-refractivity contribution is 6.32. The van der Waals surface area contributed by atoms with Crippen LogP contribution >= 0.6 is 23.2 Å². The molecule has 10 nitrogen and oxygen atoms in total. The van der Waals surface area contributed by atoms with Gasteiger partial charge in [0, 0.05) is 76.3 Å². The van der Waals surface area contributed by atoms with Crippen LogP contribution in [0.5, 0.6) is 11.6 Å². The van der Waals surface area contributed by atoms with Gasteiger partial charge in [0.15, 0.2) is 5.82 Å². The first kappa shape index (κ1) is 36.6. The number of methoxy groups -OCH3 is 1. The SMILES string of the molecule is COc1ccnc(-c2ccc3c(c2)c(N2C(=O)c4c(CCCOc5cc(C)c(Cl)c(C)c5)c5cccc(-c6c(C)nn(C)c6C)c5n4C(C)[C@H]2Cl)cn3C)n1. The zero-order valence-corrected chi connectivity index (χ0v) is 33.7. The predicted molar refractivity (Wildman–Crippen MR) is 220 cm³/mol. The topological polar surface area (TPSA) is 92.2 Å². The Morgan fingerprint density at radius 1 is 0.964 bits per heavy atom. The fourth-order valence-corrected chi connectivity index (χ4v) is 8.64. The van der Waals surface area contributed by atoms with Gasteiger partial charge in [0.1, 0.15) is 16.9 Å². The molecule has 0 aliphatic carbocycles. The maximum atomic E-state index is 15.3. The van der Waals surface area contributed by atoms with Crippen LogP contribution in [0, 0.1) is 27.7 Å². The molecule has 5 heterocycles. The van der Waals surface area contributed by atoms with Crippen molar-refractivity contribution in [1.82, 2.24) is 28.9 Å². The van der Waals surface area contributed by atoms with Gasteiger partial charge >= 0.3 is 0 Å². The first-order valence-electron chi connectivity index (χ1n) is 18.4. The van der Waals surface area contributed by atoms with Crippen LogP contribution in [0.3, 0.4) is 0 Å². The summed E-state index contributed by atoms with van der Waals surface area (Å²) < 4.78 is 17.7. The molecule has 0 saturated heterocycles. The minimum absolute atomic E-state index is 0.157. The van der Waals surface area contributed by atoms with E-state index in [0.717, 1.165) is 83.0 Å². The minimum atomic E-state index is -0.699. The first-order chi connectivity index (χ1) is 26.4. The summed E-state index contributed by atoms with van der Waals surface area (Å²) in [6, 6.07) is 17.7. The lowest BCUT2D eigenvalue weighted by Gasteiger charge is -2.38. The number of rotatable bonds is 9. The highest BCUT2D eigenvalue weighted by Crippen LogP contribution is 2.46. The molecule has 8 rings (SSSR count). The minimum Gasteiger partial charge on any atom is -0.494 e. The Balaban J connectivity index is 1.26.